The van der Waals surface area contributed by atoms with Crippen LogP contribution in [0.25, 0.3) is 0 Å². The highest BCUT2D eigenvalue weighted by Crippen LogP contribution is 2.22. The zero-order valence-corrected chi connectivity index (χ0v) is 11.5. The second-order valence-corrected chi connectivity index (χ2v) is 5.53. The number of hydrogen-bond acceptors (Lipinski definition) is 3. The maximum Gasteiger partial charge on any atom is 0.410 e. The molecule has 5 nitrogen and oxygen atoms in total. The van der Waals surface area contributed by atoms with Gasteiger partial charge < -0.3 is 9.84 Å². The molecule has 1 amide bonds. The van der Waals surface area contributed by atoms with Gasteiger partial charge in [0, 0.05) is 6.54 Å². The first-order valence-electron chi connectivity index (χ1n) is 6.54. The molecule has 0 spiro atoms. The Balaban J connectivity index is 2.66. The normalized spacial score (nSPS) is 19.9. The van der Waals surface area contributed by atoms with E-state index < -0.39 is 18.1 Å². The standard InChI is InChI=1S/C13H23NO4/c1-8(2)11(9(3)4)18-13(17)14-7-5-6-10(14)12(15)16/h8-11H,5-7H2,1-4H3,(H,15,16)/t10-/m0/s1. The summed E-state index contributed by atoms with van der Waals surface area (Å²) in [6, 6.07) is -0.725. The van der Waals surface area contributed by atoms with E-state index in [-0.39, 0.29) is 17.9 Å². The third-order valence-corrected chi connectivity index (χ3v) is 3.32. The van der Waals surface area contributed by atoms with Crippen LogP contribution in [0.3, 0.4) is 0 Å². The van der Waals surface area contributed by atoms with Gasteiger partial charge in [-0.25, -0.2) is 9.59 Å². The topological polar surface area (TPSA) is 66.8 Å². The molecular weight excluding hydrogens is 234 g/mol. The van der Waals surface area contributed by atoms with Crippen molar-refractivity contribution in [3.63, 3.8) is 0 Å². The van der Waals surface area contributed by atoms with Gasteiger partial charge in [-0.3, -0.25) is 4.90 Å². The second kappa shape index (κ2) is 6.07. The van der Waals surface area contributed by atoms with Crippen molar-refractivity contribution in [1.29, 1.82) is 0 Å². The number of likely N-dealkylation sites (tertiary alicyclic amines) is 1. The maximum absolute atomic E-state index is 12.0. The molecule has 0 aliphatic carbocycles. The SMILES string of the molecule is CC(C)C(OC(=O)N1CCC[C@H]1C(=O)O)C(C)C. The molecule has 1 heterocycles. The number of carboxylic acids is 1. The molecule has 1 saturated heterocycles. The van der Waals surface area contributed by atoms with E-state index >= 15 is 0 Å². The van der Waals surface area contributed by atoms with Crippen molar-refractivity contribution in [3.05, 3.63) is 0 Å². The van der Waals surface area contributed by atoms with Crippen LogP contribution in [0.5, 0.6) is 0 Å². The van der Waals surface area contributed by atoms with Crippen LogP contribution in [0.1, 0.15) is 40.5 Å². The molecule has 0 aromatic rings. The summed E-state index contributed by atoms with van der Waals surface area (Å²) in [5.41, 5.74) is 0. The molecule has 1 fully saturated rings. The first-order chi connectivity index (χ1) is 8.34. The number of hydrogen-bond donors (Lipinski definition) is 1. The van der Waals surface area contributed by atoms with Crippen LogP contribution < -0.4 is 0 Å². The van der Waals surface area contributed by atoms with Gasteiger partial charge in [0.2, 0.25) is 0 Å². The number of rotatable bonds is 4. The highest BCUT2D eigenvalue weighted by molar-refractivity contribution is 5.80. The fourth-order valence-corrected chi connectivity index (χ4v) is 2.47. The van der Waals surface area contributed by atoms with Crippen LogP contribution in [0.2, 0.25) is 0 Å². The first kappa shape index (κ1) is 14.8. The Bertz CT molecular complexity index is 306. The van der Waals surface area contributed by atoms with Crippen LogP contribution >= 0.6 is 0 Å². The monoisotopic (exact) mass is 257 g/mol. The lowest BCUT2D eigenvalue weighted by molar-refractivity contribution is -0.141. The Morgan fingerprint density at radius 3 is 2.22 bits per heavy atom. The van der Waals surface area contributed by atoms with Crippen molar-refractivity contribution < 1.29 is 19.4 Å². The minimum absolute atomic E-state index is 0.174. The van der Waals surface area contributed by atoms with Gasteiger partial charge >= 0.3 is 12.1 Å². The number of ether oxygens (including phenoxy) is 1. The summed E-state index contributed by atoms with van der Waals surface area (Å²) < 4.78 is 5.46. The van der Waals surface area contributed by atoms with Gasteiger partial charge in [0.05, 0.1) is 0 Å². The molecule has 1 rings (SSSR count). The van der Waals surface area contributed by atoms with Gasteiger partial charge in [-0.05, 0) is 24.7 Å². The highest BCUT2D eigenvalue weighted by atomic mass is 16.6. The number of nitrogens with zero attached hydrogens (tertiary/aromatic N) is 1. The van der Waals surface area contributed by atoms with Crippen molar-refractivity contribution in [1.82, 2.24) is 4.90 Å². The average Bonchev–Trinajstić information content (AvgIpc) is 2.73. The molecular formula is C13H23NO4. The minimum atomic E-state index is -0.949. The molecule has 1 aliphatic heterocycles. The minimum Gasteiger partial charge on any atom is -0.480 e. The molecule has 1 N–H and O–H groups in total. The fraction of sp³-hybridized carbons (Fsp3) is 0.846. The predicted molar refractivity (Wildman–Crippen MR) is 67.3 cm³/mol. The van der Waals surface area contributed by atoms with Crippen LogP contribution in [0.15, 0.2) is 0 Å². The Labute approximate surface area is 108 Å². The molecule has 0 aromatic heterocycles. The van der Waals surface area contributed by atoms with Gasteiger partial charge in [0.15, 0.2) is 0 Å². The van der Waals surface area contributed by atoms with E-state index in [9.17, 15) is 9.59 Å². The van der Waals surface area contributed by atoms with E-state index in [1.165, 1.54) is 4.90 Å². The molecule has 104 valence electrons. The Morgan fingerprint density at radius 1 is 1.22 bits per heavy atom. The van der Waals surface area contributed by atoms with E-state index in [0.29, 0.717) is 13.0 Å². The van der Waals surface area contributed by atoms with E-state index in [1.807, 2.05) is 27.7 Å². The zero-order valence-electron chi connectivity index (χ0n) is 11.5. The quantitative estimate of drug-likeness (QED) is 0.839. The molecule has 1 atom stereocenters. The smallest absolute Gasteiger partial charge is 0.410 e. The molecule has 18 heavy (non-hydrogen) atoms. The molecule has 0 unspecified atom stereocenters. The van der Waals surface area contributed by atoms with E-state index in [2.05, 4.69) is 0 Å². The number of carbonyl (C=O) groups excluding carboxylic acids is 1. The third-order valence-electron chi connectivity index (χ3n) is 3.32. The first-order valence-corrected chi connectivity index (χ1v) is 6.54. The molecule has 0 bridgehead atoms. The summed E-state index contributed by atoms with van der Waals surface area (Å²) in [7, 11) is 0. The zero-order chi connectivity index (χ0) is 13.9. The summed E-state index contributed by atoms with van der Waals surface area (Å²) >= 11 is 0. The predicted octanol–water partition coefficient (Wildman–Crippen LogP) is 2.35. The Kier molecular flexibility index (Phi) is 4.99. The fourth-order valence-electron chi connectivity index (χ4n) is 2.47. The van der Waals surface area contributed by atoms with Crippen molar-refractivity contribution >= 4 is 12.1 Å². The molecule has 0 radical (unpaired) electrons. The second-order valence-electron chi connectivity index (χ2n) is 5.53. The summed E-state index contributed by atoms with van der Waals surface area (Å²) in [5, 5.41) is 9.04. The lowest BCUT2D eigenvalue weighted by Crippen LogP contribution is -2.43. The Hall–Kier alpha value is -1.26. The summed E-state index contributed by atoms with van der Waals surface area (Å²) in [5.74, 6) is -0.505. The number of aliphatic carboxylic acids is 1. The van der Waals surface area contributed by atoms with Crippen molar-refractivity contribution in [3.8, 4) is 0 Å². The average molecular weight is 257 g/mol. The van der Waals surface area contributed by atoms with E-state index in [0.717, 1.165) is 6.42 Å². The molecule has 0 aromatic carbocycles. The largest absolute Gasteiger partial charge is 0.480 e. The van der Waals surface area contributed by atoms with E-state index in [4.69, 9.17) is 9.84 Å². The van der Waals surface area contributed by atoms with Crippen LogP contribution in [-0.4, -0.2) is 40.8 Å². The maximum atomic E-state index is 12.0. The van der Waals surface area contributed by atoms with Gasteiger partial charge in [-0.2, -0.15) is 0 Å². The molecule has 5 heteroatoms. The molecule has 0 saturated carbocycles. The number of carbonyl (C=O) groups is 2. The highest BCUT2D eigenvalue weighted by Gasteiger charge is 2.36. The van der Waals surface area contributed by atoms with Crippen molar-refractivity contribution in [2.75, 3.05) is 6.54 Å². The van der Waals surface area contributed by atoms with Crippen LogP contribution in [0, 0.1) is 11.8 Å². The number of amides is 1. The van der Waals surface area contributed by atoms with Gasteiger partial charge in [0.1, 0.15) is 12.1 Å². The third kappa shape index (κ3) is 3.37. The summed E-state index contributed by atoms with van der Waals surface area (Å²) in [4.78, 5) is 24.4. The van der Waals surface area contributed by atoms with Crippen molar-refractivity contribution in [2.45, 2.75) is 52.7 Å². The van der Waals surface area contributed by atoms with Crippen LogP contribution in [-0.2, 0) is 9.53 Å². The van der Waals surface area contributed by atoms with Crippen LogP contribution in [0.4, 0.5) is 4.79 Å². The Morgan fingerprint density at radius 2 is 1.78 bits per heavy atom. The van der Waals surface area contributed by atoms with E-state index in [1.54, 1.807) is 0 Å². The van der Waals surface area contributed by atoms with Gasteiger partial charge in [0.25, 0.3) is 0 Å². The lowest BCUT2D eigenvalue weighted by atomic mass is 9.96. The van der Waals surface area contributed by atoms with Gasteiger partial charge in [-0.1, -0.05) is 27.7 Å². The summed E-state index contributed by atoms with van der Waals surface area (Å²) in [6.07, 6.45) is 0.568. The van der Waals surface area contributed by atoms with Gasteiger partial charge in [-0.15, -0.1) is 0 Å². The lowest BCUT2D eigenvalue weighted by Gasteiger charge is -2.29. The summed E-state index contributed by atoms with van der Waals surface area (Å²) in [6.45, 7) is 8.46. The van der Waals surface area contributed by atoms with Crippen molar-refractivity contribution in [2.24, 2.45) is 11.8 Å². The molecule has 1 aliphatic rings. The number of carboxylic acid groups (broad SMARTS) is 1.